The first-order chi connectivity index (χ1) is 3.70. The second-order valence-corrected chi connectivity index (χ2v) is 2.66. The van der Waals surface area contributed by atoms with Crippen LogP contribution in [0, 0.1) is 0 Å². The maximum atomic E-state index is 4.12. The second-order valence-electron chi connectivity index (χ2n) is 1.69. The average Bonchev–Trinajstić information content (AvgIpc) is 1.85. The molecule has 1 rings (SSSR count). The minimum Gasteiger partial charge on any atom is -0.355 e. The molecule has 0 bridgehead atoms. The third kappa shape index (κ3) is 1.03. The highest BCUT2D eigenvalue weighted by molar-refractivity contribution is 7.83. The maximum absolute atomic E-state index is 4.12. The zero-order valence-corrected chi connectivity index (χ0v) is 6.29. The summed E-state index contributed by atoms with van der Waals surface area (Å²) < 4.78 is 1.92. The Hall–Kier alpha value is -0.0200. The lowest BCUT2D eigenvalue weighted by atomic mass is 10.7. The van der Waals surface area contributed by atoms with Crippen molar-refractivity contribution in [2.75, 3.05) is 0 Å². The van der Waals surface area contributed by atoms with Crippen molar-refractivity contribution in [1.82, 2.24) is 4.57 Å². The maximum Gasteiger partial charge on any atom is 0.0351 e. The molecule has 0 fully saturated rings. The Balaban J connectivity index is 3.14. The largest absolute Gasteiger partial charge is 0.355 e. The molecule has 0 saturated heterocycles. The summed E-state index contributed by atoms with van der Waals surface area (Å²) in [6.45, 7) is 0. The molecule has 0 unspecified atom stereocenters. The number of hydrogen-bond donors (Lipinski definition) is 2. The van der Waals surface area contributed by atoms with Crippen molar-refractivity contribution in [3.8, 4) is 0 Å². The predicted molar refractivity (Wildman–Crippen MR) is 39.9 cm³/mol. The molecule has 1 aromatic heterocycles. The van der Waals surface area contributed by atoms with Gasteiger partial charge in [0.05, 0.1) is 0 Å². The molecule has 0 aliphatic carbocycles. The van der Waals surface area contributed by atoms with Crippen LogP contribution in [0.15, 0.2) is 22.2 Å². The molecular formula is C5H7NS2. The molecular weight excluding hydrogens is 138 g/mol. The fourth-order valence-electron chi connectivity index (χ4n) is 0.555. The SMILES string of the molecule is Cn1cc(S)c(S)c1. The van der Waals surface area contributed by atoms with Gasteiger partial charge in [-0.1, -0.05) is 0 Å². The summed E-state index contributed by atoms with van der Waals surface area (Å²) in [5.74, 6) is 0. The smallest absolute Gasteiger partial charge is 0.0351 e. The van der Waals surface area contributed by atoms with Crippen molar-refractivity contribution < 1.29 is 0 Å². The molecule has 0 spiro atoms. The van der Waals surface area contributed by atoms with Gasteiger partial charge in [-0.2, -0.15) is 0 Å². The number of nitrogens with zero attached hydrogens (tertiary/aromatic N) is 1. The quantitative estimate of drug-likeness (QED) is 0.511. The summed E-state index contributed by atoms with van der Waals surface area (Å²) in [4.78, 5) is 1.85. The molecule has 0 atom stereocenters. The standard InChI is InChI=1S/C5H7NS2/c1-6-2-4(7)5(8)3-6/h2-3,7-8H,1H3. The van der Waals surface area contributed by atoms with Crippen LogP contribution in [-0.4, -0.2) is 4.57 Å². The van der Waals surface area contributed by atoms with Gasteiger partial charge in [0.1, 0.15) is 0 Å². The van der Waals surface area contributed by atoms with Crippen LogP contribution in [-0.2, 0) is 7.05 Å². The summed E-state index contributed by atoms with van der Waals surface area (Å²) in [6.07, 6.45) is 3.82. The number of hydrogen-bond acceptors (Lipinski definition) is 2. The van der Waals surface area contributed by atoms with Crippen LogP contribution in [0.1, 0.15) is 0 Å². The first kappa shape index (κ1) is 6.11. The second kappa shape index (κ2) is 2.07. The Morgan fingerprint density at radius 3 is 1.75 bits per heavy atom. The van der Waals surface area contributed by atoms with Crippen molar-refractivity contribution >= 4 is 25.3 Å². The fourth-order valence-corrected chi connectivity index (χ4v) is 1.04. The summed E-state index contributed by atoms with van der Waals surface area (Å²) in [5.41, 5.74) is 0. The van der Waals surface area contributed by atoms with Gasteiger partial charge in [-0.25, -0.2) is 0 Å². The van der Waals surface area contributed by atoms with Crippen molar-refractivity contribution in [2.24, 2.45) is 7.05 Å². The van der Waals surface area contributed by atoms with Gasteiger partial charge in [0.25, 0.3) is 0 Å². The highest BCUT2D eigenvalue weighted by Gasteiger charge is 1.92. The van der Waals surface area contributed by atoms with E-state index in [1.807, 2.05) is 24.0 Å². The van der Waals surface area contributed by atoms with E-state index in [-0.39, 0.29) is 0 Å². The Kier molecular flexibility index (Phi) is 1.58. The highest BCUT2D eigenvalue weighted by atomic mass is 32.1. The van der Waals surface area contributed by atoms with Crippen LogP contribution in [0.5, 0.6) is 0 Å². The highest BCUT2D eigenvalue weighted by Crippen LogP contribution is 2.16. The number of aryl methyl sites for hydroxylation is 1. The zero-order chi connectivity index (χ0) is 6.15. The lowest BCUT2D eigenvalue weighted by Crippen LogP contribution is -1.76. The average molecular weight is 145 g/mol. The summed E-state index contributed by atoms with van der Waals surface area (Å²) in [7, 11) is 1.94. The summed E-state index contributed by atoms with van der Waals surface area (Å²) in [6, 6.07) is 0. The molecule has 0 saturated carbocycles. The van der Waals surface area contributed by atoms with E-state index in [4.69, 9.17) is 0 Å². The Labute approximate surface area is 59.5 Å². The van der Waals surface area contributed by atoms with Gasteiger partial charge in [0.2, 0.25) is 0 Å². The van der Waals surface area contributed by atoms with Crippen LogP contribution in [0.2, 0.25) is 0 Å². The van der Waals surface area contributed by atoms with Crippen LogP contribution in [0.4, 0.5) is 0 Å². The lowest BCUT2D eigenvalue weighted by molar-refractivity contribution is 0.917. The molecule has 1 nitrogen and oxygen atoms in total. The minimum atomic E-state index is 0.927. The van der Waals surface area contributed by atoms with Crippen LogP contribution in [0.25, 0.3) is 0 Å². The fraction of sp³-hybridized carbons (Fsp3) is 0.200. The summed E-state index contributed by atoms with van der Waals surface area (Å²) >= 11 is 8.24. The van der Waals surface area contributed by atoms with Crippen molar-refractivity contribution in [3.63, 3.8) is 0 Å². The van der Waals surface area contributed by atoms with E-state index in [2.05, 4.69) is 25.3 Å². The third-order valence-electron chi connectivity index (χ3n) is 0.914. The van der Waals surface area contributed by atoms with Crippen LogP contribution >= 0.6 is 25.3 Å². The van der Waals surface area contributed by atoms with Crippen molar-refractivity contribution in [1.29, 1.82) is 0 Å². The molecule has 3 heteroatoms. The van der Waals surface area contributed by atoms with Crippen molar-refractivity contribution in [3.05, 3.63) is 12.4 Å². The topological polar surface area (TPSA) is 4.93 Å². The van der Waals surface area contributed by atoms with Crippen LogP contribution < -0.4 is 0 Å². The van der Waals surface area contributed by atoms with E-state index < -0.39 is 0 Å². The molecule has 1 aromatic rings. The molecule has 8 heavy (non-hydrogen) atoms. The monoisotopic (exact) mass is 145 g/mol. The van der Waals surface area contributed by atoms with Crippen molar-refractivity contribution in [2.45, 2.75) is 9.79 Å². The van der Waals surface area contributed by atoms with E-state index in [0.29, 0.717) is 0 Å². The van der Waals surface area contributed by atoms with E-state index >= 15 is 0 Å². The van der Waals surface area contributed by atoms with Gasteiger partial charge in [-0.15, -0.1) is 25.3 Å². The van der Waals surface area contributed by atoms with Gasteiger partial charge < -0.3 is 4.57 Å². The molecule has 44 valence electrons. The molecule has 0 amide bonds. The van der Waals surface area contributed by atoms with Gasteiger partial charge in [0.15, 0.2) is 0 Å². The number of aromatic nitrogens is 1. The van der Waals surface area contributed by atoms with E-state index in [0.717, 1.165) is 9.79 Å². The minimum absolute atomic E-state index is 0.927. The number of thiol groups is 2. The molecule has 0 aromatic carbocycles. The van der Waals surface area contributed by atoms with Gasteiger partial charge in [-0.3, -0.25) is 0 Å². The molecule has 0 aliphatic heterocycles. The Morgan fingerprint density at radius 1 is 1.25 bits per heavy atom. The first-order valence-electron chi connectivity index (χ1n) is 2.24. The molecule has 0 radical (unpaired) electrons. The molecule has 0 N–H and O–H groups in total. The van der Waals surface area contributed by atoms with E-state index in [1.54, 1.807) is 0 Å². The van der Waals surface area contributed by atoms with Gasteiger partial charge in [0, 0.05) is 29.2 Å². The van der Waals surface area contributed by atoms with Crippen LogP contribution in [0.3, 0.4) is 0 Å². The van der Waals surface area contributed by atoms with E-state index in [1.165, 1.54) is 0 Å². The third-order valence-corrected chi connectivity index (χ3v) is 1.80. The molecule has 1 heterocycles. The predicted octanol–water partition coefficient (Wildman–Crippen LogP) is 1.60. The van der Waals surface area contributed by atoms with E-state index in [9.17, 15) is 0 Å². The Bertz CT molecular complexity index is 173. The molecule has 0 aliphatic rings. The first-order valence-corrected chi connectivity index (χ1v) is 3.13. The Morgan fingerprint density at radius 2 is 1.62 bits per heavy atom. The zero-order valence-electron chi connectivity index (χ0n) is 4.50. The lowest BCUT2D eigenvalue weighted by Gasteiger charge is -1.80. The number of rotatable bonds is 0. The van der Waals surface area contributed by atoms with Gasteiger partial charge >= 0.3 is 0 Å². The van der Waals surface area contributed by atoms with Gasteiger partial charge in [-0.05, 0) is 0 Å². The summed E-state index contributed by atoms with van der Waals surface area (Å²) in [5, 5.41) is 0. The normalized spacial score (nSPS) is 9.88.